The van der Waals surface area contributed by atoms with E-state index in [1.54, 1.807) is 29.2 Å². The Kier molecular flexibility index (Phi) is 6.26. The summed E-state index contributed by atoms with van der Waals surface area (Å²) >= 11 is 5.80. The highest BCUT2D eigenvalue weighted by atomic mass is 35.5. The largest absolute Gasteiger partial charge is 0.494 e. The molecule has 1 saturated heterocycles. The number of benzene rings is 1. The molecule has 1 heterocycles. The minimum atomic E-state index is -3.46. The molecule has 128 valence electrons. The predicted octanol–water partition coefficient (Wildman–Crippen LogP) is 1.93. The molecule has 1 amide bonds. The molecule has 1 aromatic carbocycles. The van der Waals surface area contributed by atoms with Gasteiger partial charge in [-0.15, -0.1) is 0 Å². The fraction of sp³-hybridized carbons (Fsp3) is 0.533. The van der Waals surface area contributed by atoms with Crippen LogP contribution < -0.4 is 4.74 Å². The molecule has 1 aromatic rings. The Labute approximate surface area is 141 Å². The highest BCUT2D eigenvalue weighted by Crippen LogP contribution is 2.19. The molecule has 0 saturated carbocycles. The summed E-state index contributed by atoms with van der Waals surface area (Å²) in [4.78, 5) is 13.6. The first-order valence-electron chi connectivity index (χ1n) is 7.34. The van der Waals surface area contributed by atoms with Crippen LogP contribution in [-0.4, -0.2) is 51.8 Å². The van der Waals surface area contributed by atoms with Crippen LogP contribution in [0, 0.1) is 5.92 Å². The van der Waals surface area contributed by atoms with E-state index in [4.69, 9.17) is 20.5 Å². The normalized spacial score (nSPS) is 18.4. The molecule has 8 heteroatoms. The van der Waals surface area contributed by atoms with Crippen LogP contribution in [0.2, 0.25) is 5.02 Å². The van der Waals surface area contributed by atoms with Gasteiger partial charge in [0.15, 0.2) is 0 Å². The number of likely N-dealkylation sites (tertiary alicyclic amines) is 1. The van der Waals surface area contributed by atoms with E-state index in [1.807, 2.05) is 0 Å². The average Bonchev–Trinajstić information content (AvgIpc) is 2.83. The van der Waals surface area contributed by atoms with Crippen molar-refractivity contribution in [1.82, 2.24) is 4.90 Å². The van der Waals surface area contributed by atoms with E-state index in [2.05, 4.69) is 0 Å². The smallest absolute Gasteiger partial charge is 0.264 e. The molecule has 1 atom stereocenters. The summed E-state index contributed by atoms with van der Waals surface area (Å²) in [5, 5.41) is 0.655. The molecule has 0 radical (unpaired) electrons. The highest BCUT2D eigenvalue weighted by Gasteiger charge is 2.30. The lowest BCUT2D eigenvalue weighted by molar-refractivity contribution is -0.127. The van der Waals surface area contributed by atoms with Crippen LogP contribution in [0.25, 0.3) is 0 Å². The second kappa shape index (κ2) is 7.99. The molecule has 1 aliphatic rings. The van der Waals surface area contributed by atoms with Crippen LogP contribution >= 0.6 is 11.6 Å². The molecular weight excluding hydrogens is 342 g/mol. The molecule has 2 rings (SSSR count). The number of rotatable bonds is 8. The van der Waals surface area contributed by atoms with E-state index in [-0.39, 0.29) is 18.4 Å². The fourth-order valence-corrected chi connectivity index (χ4v) is 2.94. The second-order valence-corrected chi connectivity index (χ2v) is 7.63. The molecule has 0 aromatic heterocycles. The first kappa shape index (κ1) is 18.0. The summed E-state index contributed by atoms with van der Waals surface area (Å²) < 4.78 is 32.3. The molecule has 23 heavy (non-hydrogen) atoms. The molecule has 0 bridgehead atoms. The molecule has 1 unspecified atom stereocenters. The first-order valence-corrected chi connectivity index (χ1v) is 9.53. The summed E-state index contributed by atoms with van der Waals surface area (Å²) in [6.45, 7) is 1.66. The molecule has 1 aliphatic heterocycles. The van der Waals surface area contributed by atoms with Crippen molar-refractivity contribution in [1.29, 1.82) is 0 Å². The zero-order valence-electron chi connectivity index (χ0n) is 12.9. The van der Waals surface area contributed by atoms with E-state index < -0.39 is 10.1 Å². The van der Waals surface area contributed by atoms with Gasteiger partial charge in [0.25, 0.3) is 10.1 Å². The Balaban J connectivity index is 1.67. The van der Waals surface area contributed by atoms with E-state index in [1.165, 1.54) is 0 Å². The maximum absolute atomic E-state index is 11.9. The summed E-state index contributed by atoms with van der Waals surface area (Å²) in [5.74, 6) is 0.689. The van der Waals surface area contributed by atoms with Crippen molar-refractivity contribution in [2.45, 2.75) is 12.8 Å². The Morgan fingerprint density at radius 3 is 2.65 bits per heavy atom. The van der Waals surface area contributed by atoms with Gasteiger partial charge in [-0.25, -0.2) is 0 Å². The summed E-state index contributed by atoms with van der Waals surface area (Å²) in [6.07, 6.45) is 2.04. The van der Waals surface area contributed by atoms with Crippen molar-refractivity contribution in [3.63, 3.8) is 0 Å². The van der Waals surface area contributed by atoms with E-state index in [0.717, 1.165) is 12.0 Å². The minimum absolute atomic E-state index is 0.0265. The summed E-state index contributed by atoms with van der Waals surface area (Å²) in [5.41, 5.74) is 0. The molecule has 0 N–H and O–H groups in total. The van der Waals surface area contributed by atoms with Crippen molar-refractivity contribution in [3.8, 4) is 5.75 Å². The van der Waals surface area contributed by atoms with Crippen LogP contribution in [0.1, 0.15) is 12.8 Å². The van der Waals surface area contributed by atoms with Crippen molar-refractivity contribution in [3.05, 3.63) is 29.3 Å². The van der Waals surface area contributed by atoms with Gasteiger partial charge in [-0.05, 0) is 30.7 Å². The van der Waals surface area contributed by atoms with Gasteiger partial charge in [0.1, 0.15) is 5.75 Å². The minimum Gasteiger partial charge on any atom is -0.494 e. The van der Waals surface area contributed by atoms with E-state index in [9.17, 15) is 13.2 Å². The number of halogens is 1. The number of nitrogens with zero attached hydrogens (tertiary/aromatic N) is 1. The van der Waals surface area contributed by atoms with E-state index >= 15 is 0 Å². The zero-order valence-corrected chi connectivity index (χ0v) is 14.5. The SMILES string of the molecule is CS(=O)(=O)OCC1CC(=O)N(CCCOc2ccc(Cl)cc2)C1. The number of hydrogen-bond acceptors (Lipinski definition) is 5. The quantitative estimate of drug-likeness (QED) is 0.522. The van der Waals surface area contributed by atoms with Gasteiger partial charge in [0.05, 0.1) is 19.5 Å². The Morgan fingerprint density at radius 1 is 1.30 bits per heavy atom. The monoisotopic (exact) mass is 361 g/mol. The lowest BCUT2D eigenvalue weighted by Crippen LogP contribution is -2.28. The molecule has 1 fully saturated rings. The Hall–Kier alpha value is -1.31. The van der Waals surface area contributed by atoms with Crippen molar-refractivity contribution in [2.75, 3.05) is 32.6 Å². The third-order valence-corrected chi connectivity index (χ3v) is 4.28. The standard InChI is InChI=1S/C15H20ClNO5S/c1-23(19,20)22-11-12-9-15(18)17(10-12)7-2-8-21-14-5-3-13(16)4-6-14/h3-6,12H,2,7-11H2,1H3. The van der Waals surface area contributed by atoms with Crippen LogP contribution in [0.3, 0.4) is 0 Å². The zero-order chi connectivity index (χ0) is 16.9. The maximum atomic E-state index is 11.9. The highest BCUT2D eigenvalue weighted by molar-refractivity contribution is 7.85. The fourth-order valence-electron chi connectivity index (χ4n) is 2.38. The van der Waals surface area contributed by atoms with Crippen LogP contribution in [0.4, 0.5) is 0 Å². The van der Waals surface area contributed by atoms with Crippen molar-refractivity contribution < 1.29 is 22.1 Å². The van der Waals surface area contributed by atoms with Gasteiger partial charge < -0.3 is 9.64 Å². The first-order chi connectivity index (χ1) is 10.8. The second-order valence-electron chi connectivity index (χ2n) is 5.55. The number of amides is 1. The summed E-state index contributed by atoms with van der Waals surface area (Å²) in [6, 6.07) is 7.10. The maximum Gasteiger partial charge on any atom is 0.264 e. The van der Waals surface area contributed by atoms with Crippen LogP contribution in [-0.2, 0) is 19.1 Å². The number of carbonyl (C=O) groups is 1. The van der Waals surface area contributed by atoms with Gasteiger partial charge in [-0.2, -0.15) is 8.42 Å². The van der Waals surface area contributed by atoms with Gasteiger partial charge >= 0.3 is 0 Å². The molecule has 0 spiro atoms. The molecule has 0 aliphatic carbocycles. The number of carbonyl (C=O) groups excluding carboxylic acids is 1. The molecular formula is C15H20ClNO5S. The predicted molar refractivity (Wildman–Crippen MR) is 87.0 cm³/mol. The van der Waals surface area contributed by atoms with Crippen molar-refractivity contribution >= 4 is 27.6 Å². The number of hydrogen-bond donors (Lipinski definition) is 0. The van der Waals surface area contributed by atoms with Crippen molar-refractivity contribution in [2.24, 2.45) is 5.92 Å². The van der Waals surface area contributed by atoms with Gasteiger partial charge in [-0.3, -0.25) is 8.98 Å². The van der Waals surface area contributed by atoms with Gasteiger partial charge in [-0.1, -0.05) is 11.6 Å². The van der Waals surface area contributed by atoms with Crippen LogP contribution in [0.5, 0.6) is 5.75 Å². The van der Waals surface area contributed by atoms with E-state index in [0.29, 0.717) is 37.6 Å². The van der Waals surface area contributed by atoms with Gasteiger partial charge in [0.2, 0.25) is 5.91 Å². The molecule has 6 nitrogen and oxygen atoms in total. The Morgan fingerprint density at radius 2 is 2.00 bits per heavy atom. The third kappa shape index (κ3) is 6.37. The Bertz CT molecular complexity index is 632. The third-order valence-electron chi connectivity index (χ3n) is 3.47. The lowest BCUT2D eigenvalue weighted by atomic mass is 10.1. The van der Waals surface area contributed by atoms with Gasteiger partial charge in [0, 0.05) is 30.5 Å². The lowest BCUT2D eigenvalue weighted by Gasteiger charge is -2.16. The number of ether oxygens (including phenoxy) is 1. The average molecular weight is 362 g/mol. The summed E-state index contributed by atoms with van der Waals surface area (Å²) in [7, 11) is -3.46. The van der Waals surface area contributed by atoms with Crippen LogP contribution in [0.15, 0.2) is 24.3 Å². The topological polar surface area (TPSA) is 72.9 Å².